The number of aryl methyl sites for hydroxylation is 2. The van der Waals surface area contributed by atoms with Crippen LogP contribution in [0.1, 0.15) is 99.9 Å². The van der Waals surface area contributed by atoms with Crippen LogP contribution in [0.15, 0.2) is 0 Å². The summed E-state index contributed by atoms with van der Waals surface area (Å²) in [6.45, 7) is 17.6. The van der Waals surface area contributed by atoms with E-state index in [2.05, 4.69) is 193 Å². The molecule has 2 N–H and O–H groups in total. The number of H-pyrrole nitrogens is 2. The summed E-state index contributed by atoms with van der Waals surface area (Å²) >= 11 is 27.4. The topological polar surface area (TPSA) is 109 Å². The van der Waals surface area contributed by atoms with E-state index in [1.807, 2.05) is 0 Å². The monoisotopic (exact) mass is 1370 g/mol. The van der Waals surface area contributed by atoms with Crippen molar-refractivity contribution >= 4 is 186 Å². The van der Waals surface area contributed by atoms with Crippen LogP contribution >= 0.6 is 0 Å². The van der Waals surface area contributed by atoms with Crippen LogP contribution in [-0.4, -0.2) is 168 Å². The molecule has 16 heteroatoms. The van der Waals surface area contributed by atoms with E-state index >= 15 is 0 Å². The van der Waals surface area contributed by atoms with Crippen LogP contribution in [0.2, 0.25) is 0 Å². The zero-order valence-corrected chi connectivity index (χ0v) is 50.3. The van der Waals surface area contributed by atoms with Gasteiger partial charge in [-0.25, -0.2) is 0 Å². The first-order valence-electron chi connectivity index (χ1n) is 21.8. The molecule has 0 saturated heterocycles. The standard InChI is InChI=1S/C48H50N8Se8/c1-9-17-25-26(18(10-2)34(58)33(17)57)42-49-41(25)53-43-27-19(11-3)35(59)36(60)20(12-4)28(27)45(50-43)55-47-31-23(15-7)39(63)40(64)24(16-8)32(31)48(52-47)56-46-30-22(14-6)38(62)37(61)21(13-5)29(30)44(51-46)54-42/h57-64H,9-16H2,1-8H3,(H2,49,50,51,52,53,54,55,56)/p-8. The number of nitrogens with zero attached hydrogens (tertiary/aromatic N) is 6. The van der Waals surface area contributed by atoms with E-state index in [1.165, 1.54) is 27.8 Å². The van der Waals surface area contributed by atoms with E-state index in [-0.39, 0.29) is 0 Å². The molecular formula is C48H42N8Se8-8. The number of hydrogen-bond donors (Lipinski definition) is 2. The Kier molecular flexibility index (Phi) is 13.6. The van der Waals surface area contributed by atoms with E-state index in [9.17, 15) is 0 Å². The first kappa shape index (κ1) is 47.5. The fourth-order valence-electron chi connectivity index (χ4n) is 9.92. The van der Waals surface area contributed by atoms with Gasteiger partial charge in [0.2, 0.25) is 0 Å². The maximum absolute atomic E-state index is 5.64. The third-order valence-electron chi connectivity index (χ3n) is 12.9. The molecule has 0 unspecified atom stereocenters. The number of aromatic amines is 2. The zero-order valence-electron chi connectivity index (χ0n) is 36.6. The van der Waals surface area contributed by atoms with Crippen molar-refractivity contribution in [3.63, 3.8) is 0 Å². The first-order chi connectivity index (χ1) is 30.7. The molecule has 8 bridgehead atoms. The van der Waals surface area contributed by atoms with Gasteiger partial charge in [0.25, 0.3) is 0 Å². The summed E-state index contributed by atoms with van der Waals surface area (Å²) in [6.07, 6.45) is 6.29. The van der Waals surface area contributed by atoms with Crippen molar-refractivity contribution in [3.05, 3.63) is 44.5 Å². The summed E-state index contributed by atoms with van der Waals surface area (Å²) in [7, 11) is 0. The number of nitrogens with one attached hydrogen (secondary N) is 2. The Bertz CT molecular complexity index is 3050. The van der Waals surface area contributed by atoms with Gasteiger partial charge in [-0.05, 0) is 0 Å². The van der Waals surface area contributed by atoms with Gasteiger partial charge in [0.1, 0.15) is 0 Å². The van der Waals surface area contributed by atoms with Gasteiger partial charge in [0.15, 0.2) is 0 Å². The first-order valence-corrected chi connectivity index (χ1v) is 28.7. The van der Waals surface area contributed by atoms with Gasteiger partial charge in [-0.1, -0.05) is 0 Å². The number of aromatic nitrogens is 8. The normalized spacial score (nSPS) is 12.1. The summed E-state index contributed by atoms with van der Waals surface area (Å²) < 4.78 is 8.87. The van der Waals surface area contributed by atoms with Crippen LogP contribution < -0.4 is 35.7 Å². The third-order valence-corrected chi connectivity index (χ3v) is 23.1. The van der Waals surface area contributed by atoms with Crippen LogP contribution in [0.25, 0.3) is 90.4 Å². The number of hydrogen-bond acceptors (Lipinski definition) is 6. The summed E-state index contributed by atoms with van der Waals surface area (Å²) in [5.41, 5.74) is 17.0. The number of fused-ring (bicyclic) bond motifs is 20. The summed E-state index contributed by atoms with van der Waals surface area (Å²) in [4.78, 5) is 41.1. The van der Waals surface area contributed by atoms with Crippen LogP contribution in [0, 0.1) is 0 Å². The van der Waals surface area contributed by atoms with Crippen molar-refractivity contribution in [2.45, 2.75) is 107 Å². The molecule has 9 rings (SSSR count). The predicted molar refractivity (Wildman–Crippen MR) is 272 cm³/mol. The Balaban J connectivity index is 1.62. The van der Waals surface area contributed by atoms with Crippen LogP contribution in [-0.2, 0) is 51.4 Å². The van der Waals surface area contributed by atoms with Crippen molar-refractivity contribution < 1.29 is 0 Å². The average molecular weight is 1360 g/mol. The van der Waals surface area contributed by atoms with Crippen molar-refractivity contribution in [2.75, 3.05) is 0 Å². The van der Waals surface area contributed by atoms with E-state index in [1.54, 1.807) is 0 Å². The van der Waals surface area contributed by atoms with E-state index < -0.39 is 0 Å². The molecule has 330 valence electrons. The summed E-state index contributed by atoms with van der Waals surface area (Å²) in [6, 6.07) is 0. The Morgan fingerprint density at radius 3 is 0.828 bits per heavy atom. The van der Waals surface area contributed by atoms with Gasteiger partial charge in [0, 0.05) is 0 Å². The van der Waals surface area contributed by atoms with Gasteiger partial charge < -0.3 is 0 Å². The Morgan fingerprint density at radius 1 is 0.281 bits per heavy atom. The SMILES string of the molecule is CCc1c([Se-])c([Se-])c(CC)c2c1-c1nc-2nc2[nH]c(nc3nc([nH]c4nc(n1)-c1c(CC)c([Se-])c([Se-])c(CC)c1-4)-c1c(CC)c([Se-])c([Se-])c(CC)c1-3)c1c(CC)c([Se-])c([Se-])c(CC)c21. The Labute approximate surface area is 440 Å². The van der Waals surface area contributed by atoms with Crippen molar-refractivity contribution in [1.29, 1.82) is 0 Å². The van der Waals surface area contributed by atoms with Gasteiger partial charge in [0.05, 0.1) is 0 Å². The van der Waals surface area contributed by atoms with Crippen LogP contribution in [0.3, 0.4) is 0 Å². The average Bonchev–Trinajstić information content (AvgIpc) is 4.02. The summed E-state index contributed by atoms with van der Waals surface area (Å²) in [5.74, 6) is 3.95. The molecule has 0 amide bonds. The fourth-order valence-corrected chi connectivity index (χ4v) is 16.1. The molecule has 0 radical (unpaired) electrons. The Hall–Kier alpha value is -1.60. The molecule has 0 atom stereocenters. The van der Waals surface area contributed by atoms with Crippen LogP contribution in [0.4, 0.5) is 0 Å². The molecule has 0 aliphatic carbocycles. The van der Waals surface area contributed by atoms with Gasteiger partial charge in [-0.3, -0.25) is 0 Å². The van der Waals surface area contributed by atoms with Crippen molar-refractivity contribution in [1.82, 2.24) is 39.9 Å². The zero-order chi connectivity index (χ0) is 45.8. The third kappa shape index (κ3) is 7.01. The molecule has 3 aliphatic rings. The van der Waals surface area contributed by atoms with E-state index in [0.717, 1.165) is 171 Å². The molecule has 4 aromatic carbocycles. The second kappa shape index (κ2) is 18.4. The van der Waals surface area contributed by atoms with Gasteiger partial charge >= 0.3 is 445 Å². The maximum atomic E-state index is 5.64. The minimum atomic E-state index is 0.613. The van der Waals surface area contributed by atoms with Crippen molar-refractivity contribution in [2.24, 2.45) is 0 Å². The predicted octanol–water partition coefficient (Wildman–Crippen LogP) is 1.62. The van der Waals surface area contributed by atoms with Gasteiger partial charge in [-0.2, -0.15) is 0 Å². The summed E-state index contributed by atoms with van der Waals surface area (Å²) in [5, 5.41) is 2.09. The Morgan fingerprint density at radius 2 is 0.516 bits per heavy atom. The molecule has 0 saturated carbocycles. The molecule has 5 heterocycles. The molecule has 8 nitrogen and oxygen atoms in total. The number of benzene rings is 4. The molecule has 3 aliphatic heterocycles. The molecule has 0 spiro atoms. The molecule has 2 aromatic heterocycles. The fraction of sp³-hybridized carbons (Fsp3) is 0.333. The molecule has 6 aromatic rings. The van der Waals surface area contributed by atoms with E-state index in [4.69, 9.17) is 29.9 Å². The molecule has 0 fully saturated rings. The molecular weight excluding hydrogens is 1320 g/mol. The second-order valence-corrected chi connectivity index (χ2v) is 22.8. The van der Waals surface area contributed by atoms with Crippen LogP contribution in [0.5, 0.6) is 0 Å². The second-order valence-electron chi connectivity index (χ2n) is 15.9. The van der Waals surface area contributed by atoms with Gasteiger partial charge in [-0.15, -0.1) is 0 Å². The molecule has 64 heavy (non-hydrogen) atoms. The quantitative estimate of drug-likeness (QED) is 0.225. The van der Waals surface area contributed by atoms with Crippen molar-refractivity contribution in [3.8, 4) is 68.3 Å². The van der Waals surface area contributed by atoms with E-state index in [0.29, 0.717) is 23.3 Å². The number of rotatable bonds is 8. The minimum absolute atomic E-state index is 0.613.